The van der Waals surface area contributed by atoms with E-state index in [9.17, 15) is 9.18 Å². The highest BCUT2D eigenvalue weighted by molar-refractivity contribution is 6.31. The Balaban J connectivity index is 1.87. The highest BCUT2D eigenvalue weighted by atomic mass is 35.5. The SMILES string of the molecule is O=C1c2nc[nH]c2C(c2ccc(Cl)cc2)N1c1ccc(F)c(Cl)c1. The van der Waals surface area contributed by atoms with E-state index in [1.165, 1.54) is 24.5 Å². The summed E-state index contributed by atoms with van der Waals surface area (Å²) >= 11 is 11.8. The van der Waals surface area contributed by atoms with Crippen molar-refractivity contribution in [1.82, 2.24) is 9.97 Å². The summed E-state index contributed by atoms with van der Waals surface area (Å²) in [6, 6.07) is 11.0. The maximum absolute atomic E-state index is 13.5. The molecule has 120 valence electrons. The molecule has 1 aliphatic rings. The number of nitrogens with one attached hydrogen (secondary N) is 1. The van der Waals surface area contributed by atoms with Gasteiger partial charge in [-0.05, 0) is 35.9 Å². The average Bonchev–Trinajstić information content (AvgIpc) is 3.14. The first-order chi connectivity index (χ1) is 11.6. The van der Waals surface area contributed by atoms with E-state index in [0.717, 1.165) is 5.56 Å². The predicted octanol–water partition coefficient (Wildman–Crippen LogP) is 4.61. The van der Waals surface area contributed by atoms with Crippen LogP contribution in [0.3, 0.4) is 0 Å². The maximum atomic E-state index is 13.5. The number of halogens is 3. The molecule has 4 rings (SSSR count). The van der Waals surface area contributed by atoms with Gasteiger partial charge in [-0.25, -0.2) is 9.37 Å². The summed E-state index contributed by atoms with van der Waals surface area (Å²) in [7, 11) is 0. The fourth-order valence-corrected chi connectivity index (χ4v) is 3.21. The molecule has 0 bridgehead atoms. The summed E-state index contributed by atoms with van der Waals surface area (Å²) in [5.74, 6) is -0.805. The molecule has 0 aliphatic carbocycles. The molecule has 1 N–H and O–H groups in total. The topological polar surface area (TPSA) is 49.0 Å². The summed E-state index contributed by atoms with van der Waals surface area (Å²) in [6.07, 6.45) is 1.49. The van der Waals surface area contributed by atoms with Crippen molar-refractivity contribution in [1.29, 1.82) is 0 Å². The number of carbonyl (C=O) groups excluding carboxylic acids is 1. The third-order valence-electron chi connectivity index (χ3n) is 3.99. The average molecular weight is 362 g/mol. The monoisotopic (exact) mass is 361 g/mol. The summed E-state index contributed by atoms with van der Waals surface area (Å²) in [5, 5.41) is 0.558. The van der Waals surface area contributed by atoms with Crippen molar-refractivity contribution in [3.05, 3.63) is 81.6 Å². The first-order valence-electron chi connectivity index (χ1n) is 7.13. The molecule has 0 saturated carbocycles. The fraction of sp³-hybridized carbons (Fsp3) is 0.0588. The summed E-state index contributed by atoms with van der Waals surface area (Å²) in [5.41, 5.74) is 2.38. The number of benzene rings is 2. The zero-order chi connectivity index (χ0) is 16.8. The van der Waals surface area contributed by atoms with Crippen molar-refractivity contribution >= 4 is 34.8 Å². The number of hydrogen-bond acceptors (Lipinski definition) is 2. The molecule has 1 aliphatic heterocycles. The van der Waals surface area contributed by atoms with Crippen LogP contribution in [0.1, 0.15) is 27.8 Å². The molecule has 1 amide bonds. The van der Waals surface area contributed by atoms with Crippen LogP contribution in [0.4, 0.5) is 10.1 Å². The minimum Gasteiger partial charge on any atom is -0.346 e. The molecule has 1 atom stereocenters. The van der Waals surface area contributed by atoms with E-state index in [1.54, 1.807) is 17.0 Å². The number of anilines is 1. The van der Waals surface area contributed by atoms with Crippen LogP contribution in [-0.4, -0.2) is 15.9 Å². The number of amides is 1. The second-order valence-corrected chi connectivity index (χ2v) is 6.24. The van der Waals surface area contributed by atoms with Gasteiger partial charge in [-0.15, -0.1) is 0 Å². The van der Waals surface area contributed by atoms with Crippen LogP contribution >= 0.6 is 23.2 Å². The Morgan fingerprint density at radius 1 is 1.12 bits per heavy atom. The van der Waals surface area contributed by atoms with E-state index in [4.69, 9.17) is 23.2 Å². The number of aromatic nitrogens is 2. The number of hydrogen-bond donors (Lipinski definition) is 1. The lowest BCUT2D eigenvalue weighted by Gasteiger charge is -2.25. The number of H-pyrrole nitrogens is 1. The first kappa shape index (κ1) is 15.2. The molecule has 0 fully saturated rings. The Labute approximate surface area is 146 Å². The second-order valence-electron chi connectivity index (χ2n) is 5.39. The zero-order valence-corrected chi connectivity index (χ0v) is 13.6. The van der Waals surface area contributed by atoms with Crippen molar-refractivity contribution in [2.24, 2.45) is 0 Å². The van der Waals surface area contributed by atoms with Crippen molar-refractivity contribution in [3.8, 4) is 0 Å². The lowest BCUT2D eigenvalue weighted by atomic mass is 10.0. The third kappa shape index (κ3) is 2.28. The first-order valence-corrected chi connectivity index (χ1v) is 7.89. The molecule has 1 aromatic heterocycles. The Hall–Kier alpha value is -2.37. The standard InChI is InChI=1S/C17H10Cl2FN3O/c18-10-3-1-9(2-4-10)16-14-15(22-8-21-14)17(24)23(16)11-5-6-13(20)12(19)7-11/h1-8,16H,(H,21,22). The van der Waals surface area contributed by atoms with E-state index >= 15 is 0 Å². The Kier molecular flexibility index (Phi) is 3.55. The van der Waals surface area contributed by atoms with Crippen LogP contribution < -0.4 is 4.90 Å². The zero-order valence-electron chi connectivity index (χ0n) is 12.1. The summed E-state index contributed by atoms with van der Waals surface area (Å²) in [6.45, 7) is 0. The van der Waals surface area contributed by atoms with Gasteiger partial charge >= 0.3 is 0 Å². The van der Waals surface area contributed by atoms with Crippen molar-refractivity contribution in [2.45, 2.75) is 6.04 Å². The van der Waals surface area contributed by atoms with E-state index in [2.05, 4.69) is 9.97 Å². The molecule has 0 spiro atoms. The number of nitrogens with zero attached hydrogens (tertiary/aromatic N) is 2. The molecule has 4 nitrogen and oxygen atoms in total. The van der Waals surface area contributed by atoms with Crippen LogP contribution in [0, 0.1) is 5.82 Å². The molecule has 2 aromatic carbocycles. The molecular weight excluding hydrogens is 352 g/mol. The van der Waals surface area contributed by atoms with E-state index in [-0.39, 0.29) is 10.9 Å². The normalized spacial score (nSPS) is 16.5. The Morgan fingerprint density at radius 3 is 2.58 bits per heavy atom. The molecule has 3 aromatic rings. The van der Waals surface area contributed by atoms with Gasteiger partial charge in [0.15, 0.2) is 5.69 Å². The van der Waals surface area contributed by atoms with Gasteiger partial charge in [-0.1, -0.05) is 35.3 Å². The second kappa shape index (κ2) is 5.61. The highest BCUT2D eigenvalue weighted by Crippen LogP contribution is 2.41. The molecular formula is C17H10Cl2FN3O. The third-order valence-corrected chi connectivity index (χ3v) is 4.53. The lowest BCUT2D eigenvalue weighted by Crippen LogP contribution is -2.29. The van der Waals surface area contributed by atoms with Crippen molar-refractivity contribution in [3.63, 3.8) is 0 Å². The van der Waals surface area contributed by atoms with Gasteiger partial charge < -0.3 is 4.98 Å². The Bertz CT molecular complexity index is 939. The minimum absolute atomic E-state index is 0.0429. The fourth-order valence-electron chi connectivity index (χ4n) is 2.91. The van der Waals surface area contributed by atoms with Gasteiger partial charge in [-0.2, -0.15) is 0 Å². The van der Waals surface area contributed by atoms with Gasteiger partial charge in [-0.3, -0.25) is 9.69 Å². The van der Waals surface area contributed by atoms with Gasteiger partial charge in [0, 0.05) is 10.7 Å². The molecule has 24 heavy (non-hydrogen) atoms. The molecule has 7 heteroatoms. The quantitative estimate of drug-likeness (QED) is 0.724. The molecule has 1 unspecified atom stereocenters. The van der Waals surface area contributed by atoms with Gasteiger partial charge in [0.25, 0.3) is 5.91 Å². The van der Waals surface area contributed by atoms with Gasteiger partial charge in [0.2, 0.25) is 0 Å². The molecule has 2 heterocycles. The van der Waals surface area contributed by atoms with Crippen LogP contribution in [0.5, 0.6) is 0 Å². The lowest BCUT2D eigenvalue weighted by molar-refractivity contribution is 0.0989. The van der Waals surface area contributed by atoms with E-state index < -0.39 is 11.9 Å². The molecule has 0 radical (unpaired) electrons. The summed E-state index contributed by atoms with van der Waals surface area (Å²) in [4.78, 5) is 21.5. The van der Waals surface area contributed by atoms with Gasteiger partial charge in [0.05, 0.1) is 17.0 Å². The van der Waals surface area contributed by atoms with Crippen LogP contribution in [-0.2, 0) is 0 Å². The van der Waals surface area contributed by atoms with E-state index in [0.29, 0.717) is 22.1 Å². The number of aromatic amines is 1. The highest BCUT2D eigenvalue weighted by Gasteiger charge is 2.41. The van der Waals surface area contributed by atoms with Crippen molar-refractivity contribution < 1.29 is 9.18 Å². The summed E-state index contributed by atoms with van der Waals surface area (Å²) < 4.78 is 13.5. The number of carbonyl (C=O) groups is 1. The smallest absolute Gasteiger partial charge is 0.279 e. The number of fused-ring (bicyclic) bond motifs is 1. The van der Waals surface area contributed by atoms with Gasteiger partial charge in [0.1, 0.15) is 11.9 Å². The van der Waals surface area contributed by atoms with Crippen molar-refractivity contribution in [2.75, 3.05) is 4.90 Å². The predicted molar refractivity (Wildman–Crippen MR) is 90.1 cm³/mol. The number of imidazole rings is 1. The largest absolute Gasteiger partial charge is 0.346 e. The minimum atomic E-state index is -0.535. The van der Waals surface area contributed by atoms with Crippen LogP contribution in [0.25, 0.3) is 0 Å². The van der Waals surface area contributed by atoms with Crippen LogP contribution in [0.2, 0.25) is 10.0 Å². The van der Waals surface area contributed by atoms with Crippen LogP contribution in [0.15, 0.2) is 48.8 Å². The maximum Gasteiger partial charge on any atom is 0.279 e. The Morgan fingerprint density at radius 2 is 1.88 bits per heavy atom. The number of rotatable bonds is 2. The van der Waals surface area contributed by atoms with E-state index in [1.807, 2.05) is 12.1 Å². The molecule has 0 saturated heterocycles.